The lowest BCUT2D eigenvalue weighted by Gasteiger charge is -2.37. The number of hydrogen-bond donors (Lipinski definition) is 1. The molecular formula is C28H29N3O4. The zero-order valence-electron chi connectivity index (χ0n) is 19.7. The second-order valence-corrected chi connectivity index (χ2v) is 9.89. The zero-order valence-corrected chi connectivity index (χ0v) is 19.7. The number of anilines is 1. The van der Waals surface area contributed by atoms with E-state index in [1.807, 2.05) is 41.4 Å². The normalized spacial score (nSPS) is 27.5. The summed E-state index contributed by atoms with van der Waals surface area (Å²) in [6.07, 6.45) is 8.75. The summed E-state index contributed by atoms with van der Waals surface area (Å²) in [6, 6.07) is 13.9. The van der Waals surface area contributed by atoms with Crippen molar-refractivity contribution in [1.82, 2.24) is 9.80 Å². The van der Waals surface area contributed by atoms with Crippen LogP contribution in [0.2, 0.25) is 0 Å². The van der Waals surface area contributed by atoms with E-state index in [1.165, 1.54) is 4.90 Å². The summed E-state index contributed by atoms with van der Waals surface area (Å²) in [5.41, 5.74) is 2.65. The molecule has 2 saturated heterocycles. The number of likely N-dealkylation sites (tertiary alicyclic amines) is 1. The number of carbonyl (C=O) groups is 3. The highest BCUT2D eigenvalue weighted by Gasteiger charge is 2.65. The predicted molar refractivity (Wildman–Crippen MR) is 131 cm³/mol. The number of rotatable bonds is 4. The van der Waals surface area contributed by atoms with E-state index in [0.717, 1.165) is 43.2 Å². The number of fused-ring (bicyclic) bond motifs is 5. The molecule has 0 bridgehead atoms. The Kier molecular flexibility index (Phi) is 5.35. The molecule has 6 rings (SSSR count). The van der Waals surface area contributed by atoms with Crippen LogP contribution in [0.25, 0.3) is 6.08 Å². The van der Waals surface area contributed by atoms with Crippen LogP contribution in [0.4, 0.5) is 5.69 Å². The molecule has 3 heterocycles. The first-order valence-corrected chi connectivity index (χ1v) is 12.4. The minimum Gasteiger partial charge on any atom is -0.497 e. The van der Waals surface area contributed by atoms with Crippen LogP contribution in [0.15, 0.2) is 54.7 Å². The molecule has 0 spiro atoms. The summed E-state index contributed by atoms with van der Waals surface area (Å²) in [5, 5.41) is 2.98. The monoisotopic (exact) mass is 471 g/mol. The summed E-state index contributed by atoms with van der Waals surface area (Å²) in [6.45, 7) is 0. The summed E-state index contributed by atoms with van der Waals surface area (Å²) in [4.78, 5) is 44.9. The van der Waals surface area contributed by atoms with Gasteiger partial charge in [-0.3, -0.25) is 19.3 Å². The molecule has 1 N–H and O–H groups in total. The van der Waals surface area contributed by atoms with Gasteiger partial charge < -0.3 is 15.0 Å². The van der Waals surface area contributed by atoms with Gasteiger partial charge in [0.1, 0.15) is 11.8 Å². The highest BCUT2D eigenvalue weighted by molar-refractivity contribution is 6.10. The smallest absolute Gasteiger partial charge is 0.247 e. The molecule has 3 aliphatic heterocycles. The predicted octanol–water partition coefficient (Wildman–Crippen LogP) is 3.98. The maximum atomic E-state index is 13.9. The third-order valence-electron chi connectivity index (χ3n) is 8.06. The van der Waals surface area contributed by atoms with E-state index in [0.29, 0.717) is 11.4 Å². The van der Waals surface area contributed by atoms with Gasteiger partial charge in [-0.2, -0.15) is 0 Å². The lowest BCUT2D eigenvalue weighted by atomic mass is 9.84. The Balaban J connectivity index is 1.38. The number of carbonyl (C=O) groups excluding carboxylic acids is 3. The Hall–Kier alpha value is -3.61. The van der Waals surface area contributed by atoms with Crippen molar-refractivity contribution in [3.05, 3.63) is 65.9 Å². The first-order valence-electron chi connectivity index (χ1n) is 12.4. The van der Waals surface area contributed by atoms with E-state index in [-0.39, 0.29) is 29.8 Å². The van der Waals surface area contributed by atoms with Gasteiger partial charge in [-0.25, -0.2) is 0 Å². The number of nitrogens with one attached hydrogen (secondary N) is 1. The summed E-state index contributed by atoms with van der Waals surface area (Å²) < 4.78 is 5.21. The molecule has 1 saturated carbocycles. The lowest BCUT2D eigenvalue weighted by Crippen LogP contribution is -2.49. The van der Waals surface area contributed by atoms with Gasteiger partial charge in [0.25, 0.3) is 0 Å². The van der Waals surface area contributed by atoms with Crippen LogP contribution in [0, 0.1) is 11.8 Å². The largest absolute Gasteiger partial charge is 0.497 e. The highest BCUT2D eigenvalue weighted by atomic mass is 16.5. The molecule has 3 amide bonds. The molecule has 2 aromatic carbocycles. The van der Waals surface area contributed by atoms with Crippen molar-refractivity contribution in [1.29, 1.82) is 0 Å². The van der Waals surface area contributed by atoms with Gasteiger partial charge in [0.15, 0.2) is 0 Å². The van der Waals surface area contributed by atoms with Crippen LogP contribution in [0.5, 0.6) is 5.75 Å². The van der Waals surface area contributed by atoms with Gasteiger partial charge in [0.2, 0.25) is 17.7 Å². The van der Waals surface area contributed by atoms with E-state index >= 15 is 0 Å². The van der Waals surface area contributed by atoms with Gasteiger partial charge in [-0.15, -0.1) is 0 Å². The maximum absolute atomic E-state index is 13.9. The number of hydrogen-bond acceptors (Lipinski definition) is 5. The topological polar surface area (TPSA) is 79.0 Å². The number of amides is 3. The first-order chi connectivity index (χ1) is 17.1. The van der Waals surface area contributed by atoms with Crippen molar-refractivity contribution >= 4 is 29.5 Å². The second-order valence-electron chi connectivity index (χ2n) is 9.89. The fourth-order valence-electron chi connectivity index (χ4n) is 6.47. The third kappa shape index (κ3) is 3.44. The molecule has 3 fully saturated rings. The molecular weight excluding hydrogens is 442 g/mol. The Morgan fingerprint density at radius 3 is 2.40 bits per heavy atom. The van der Waals surface area contributed by atoms with Crippen LogP contribution >= 0.6 is 0 Å². The van der Waals surface area contributed by atoms with Gasteiger partial charge in [0, 0.05) is 17.9 Å². The third-order valence-corrected chi connectivity index (χ3v) is 8.06. The molecule has 1 unspecified atom stereocenters. The average molecular weight is 472 g/mol. The van der Waals surface area contributed by atoms with Crippen molar-refractivity contribution in [2.45, 2.75) is 50.2 Å². The number of nitrogens with zero attached hydrogens (tertiary/aromatic N) is 2. The van der Waals surface area contributed by atoms with Crippen LogP contribution in [0.3, 0.4) is 0 Å². The van der Waals surface area contributed by atoms with Crippen LogP contribution < -0.4 is 10.1 Å². The molecule has 180 valence electrons. The van der Waals surface area contributed by atoms with Crippen molar-refractivity contribution in [2.75, 3.05) is 12.4 Å². The van der Waals surface area contributed by atoms with Gasteiger partial charge in [-0.05, 0) is 54.3 Å². The molecule has 4 atom stereocenters. The van der Waals surface area contributed by atoms with Gasteiger partial charge >= 0.3 is 0 Å². The summed E-state index contributed by atoms with van der Waals surface area (Å²) in [5.74, 6) is -1.16. The van der Waals surface area contributed by atoms with E-state index in [2.05, 4.69) is 5.32 Å². The Bertz CT molecular complexity index is 1200. The maximum Gasteiger partial charge on any atom is 0.247 e. The minimum absolute atomic E-state index is 0.0533. The number of ether oxygens (including phenoxy) is 1. The molecule has 4 aliphatic rings. The Morgan fingerprint density at radius 1 is 0.943 bits per heavy atom. The number of methoxy groups -OCH3 is 1. The van der Waals surface area contributed by atoms with E-state index < -0.39 is 17.9 Å². The van der Waals surface area contributed by atoms with Crippen molar-refractivity contribution in [2.24, 2.45) is 11.8 Å². The molecule has 1 aliphatic carbocycles. The summed E-state index contributed by atoms with van der Waals surface area (Å²) >= 11 is 0. The SMILES string of the molecule is COc1ccc(NC(=O)C2[C@@H]3C(=O)N(C4CCCCC4)C(=O)[C@@H]3[C@H]3c4ccccc4C=CN23)cc1. The molecule has 7 nitrogen and oxygen atoms in total. The van der Waals surface area contributed by atoms with Crippen LogP contribution in [-0.2, 0) is 14.4 Å². The zero-order chi connectivity index (χ0) is 24.1. The van der Waals surface area contributed by atoms with Gasteiger partial charge in [-0.1, -0.05) is 43.5 Å². The molecule has 7 heteroatoms. The van der Waals surface area contributed by atoms with E-state index in [9.17, 15) is 14.4 Å². The highest BCUT2D eigenvalue weighted by Crippen LogP contribution is 2.53. The van der Waals surface area contributed by atoms with E-state index in [1.54, 1.807) is 31.4 Å². The molecule has 0 radical (unpaired) electrons. The molecule has 0 aromatic heterocycles. The number of benzene rings is 2. The van der Waals surface area contributed by atoms with E-state index in [4.69, 9.17) is 4.74 Å². The van der Waals surface area contributed by atoms with Gasteiger partial charge in [0.05, 0.1) is 25.0 Å². The Labute approximate surface area is 204 Å². The fourth-order valence-corrected chi connectivity index (χ4v) is 6.47. The van der Waals surface area contributed by atoms with Crippen LogP contribution in [0.1, 0.15) is 49.3 Å². The van der Waals surface area contributed by atoms with Crippen molar-refractivity contribution in [3.8, 4) is 5.75 Å². The lowest BCUT2D eigenvalue weighted by molar-refractivity contribution is -0.146. The molecule has 35 heavy (non-hydrogen) atoms. The minimum atomic E-state index is -0.762. The second kappa shape index (κ2) is 8.56. The summed E-state index contributed by atoms with van der Waals surface area (Å²) in [7, 11) is 1.59. The number of imide groups is 1. The first kappa shape index (κ1) is 21.9. The standard InChI is InChI=1S/C28H29N3O4/c1-35-20-13-11-18(12-14-20)29-26(32)25-23-22(24-21-10-6-5-7-17(21)15-16-30(24)25)27(33)31(28(23)34)19-8-3-2-4-9-19/h5-7,10-16,19,22-25H,2-4,8-9H2,1H3,(H,29,32)/t22-,23+,24+,25?/m0/s1. The Morgan fingerprint density at radius 2 is 1.66 bits per heavy atom. The molecule has 2 aromatic rings. The van der Waals surface area contributed by atoms with Crippen molar-refractivity contribution in [3.63, 3.8) is 0 Å². The van der Waals surface area contributed by atoms with Crippen molar-refractivity contribution < 1.29 is 19.1 Å². The van der Waals surface area contributed by atoms with Crippen LogP contribution in [-0.4, -0.2) is 46.7 Å². The quantitative estimate of drug-likeness (QED) is 0.683. The fraction of sp³-hybridized carbons (Fsp3) is 0.393. The average Bonchev–Trinajstić information content (AvgIpc) is 3.37.